The van der Waals surface area contributed by atoms with Crippen LogP contribution in [0.3, 0.4) is 0 Å². The largest absolute Gasteiger partial charge is 0.345 e. The molecule has 1 aliphatic carbocycles. The Labute approximate surface area is 157 Å². The zero-order valence-electron chi connectivity index (χ0n) is 14.9. The van der Waals surface area contributed by atoms with Crippen LogP contribution >= 0.6 is 11.6 Å². The zero-order chi connectivity index (χ0) is 18.3. The van der Waals surface area contributed by atoms with Crippen molar-refractivity contribution in [1.82, 2.24) is 19.2 Å². The van der Waals surface area contributed by atoms with Crippen molar-refractivity contribution in [3.05, 3.63) is 51.2 Å². The van der Waals surface area contributed by atoms with Gasteiger partial charge in [0.1, 0.15) is 5.82 Å². The summed E-state index contributed by atoms with van der Waals surface area (Å²) in [5.41, 5.74) is 0.855. The van der Waals surface area contributed by atoms with Gasteiger partial charge in [-0.25, -0.2) is 9.48 Å². The van der Waals surface area contributed by atoms with Crippen molar-refractivity contribution in [2.75, 3.05) is 13.1 Å². The van der Waals surface area contributed by atoms with Crippen LogP contribution in [0.2, 0.25) is 5.02 Å². The van der Waals surface area contributed by atoms with Crippen LogP contribution in [0.5, 0.6) is 0 Å². The molecule has 1 aromatic heterocycles. The number of aromatic nitrogens is 3. The maximum Gasteiger partial charge on any atom is 0.345 e. The molecule has 138 valence electrons. The number of halogens is 1. The number of nitrogens with zero attached hydrogens (tertiary/aromatic N) is 4. The van der Waals surface area contributed by atoms with Crippen molar-refractivity contribution in [1.29, 1.82) is 0 Å². The zero-order valence-corrected chi connectivity index (χ0v) is 15.7. The van der Waals surface area contributed by atoms with Gasteiger partial charge in [-0.2, -0.15) is 5.10 Å². The Morgan fingerprint density at radius 1 is 1.19 bits per heavy atom. The van der Waals surface area contributed by atoms with Gasteiger partial charge in [0.25, 0.3) is 0 Å². The van der Waals surface area contributed by atoms with E-state index in [9.17, 15) is 9.59 Å². The molecule has 6 nitrogen and oxygen atoms in total. The number of rotatable bonds is 4. The molecule has 2 fully saturated rings. The fraction of sp³-hybridized carbons (Fsp3) is 0.526. The van der Waals surface area contributed by atoms with E-state index in [4.69, 9.17) is 11.6 Å². The van der Waals surface area contributed by atoms with Gasteiger partial charge in [0.15, 0.2) is 0 Å². The number of aryl methyl sites for hydroxylation is 1. The van der Waals surface area contributed by atoms with Gasteiger partial charge in [0.2, 0.25) is 5.91 Å². The minimum absolute atomic E-state index is 0.0141. The van der Waals surface area contributed by atoms with Gasteiger partial charge in [-0.15, -0.1) is 0 Å². The summed E-state index contributed by atoms with van der Waals surface area (Å²) >= 11 is 6.17. The van der Waals surface area contributed by atoms with E-state index in [2.05, 4.69) is 5.10 Å². The normalized spacial score (nSPS) is 18.3. The first kappa shape index (κ1) is 17.3. The van der Waals surface area contributed by atoms with Gasteiger partial charge in [-0.1, -0.05) is 29.8 Å². The van der Waals surface area contributed by atoms with Crippen molar-refractivity contribution in [2.45, 2.75) is 44.1 Å². The molecular formula is C19H23ClN4O2. The molecule has 2 aliphatic rings. The summed E-state index contributed by atoms with van der Waals surface area (Å²) in [6.45, 7) is 1.40. The average Bonchev–Trinajstić information content (AvgIpc) is 3.43. The van der Waals surface area contributed by atoms with E-state index in [0.29, 0.717) is 30.6 Å². The Morgan fingerprint density at radius 3 is 2.54 bits per heavy atom. The third-order valence-electron chi connectivity index (χ3n) is 5.41. The molecule has 0 atom stereocenters. The summed E-state index contributed by atoms with van der Waals surface area (Å²) in [5.74, 6) is 1.25. The molecule has 26 heavy (non-hydrogen) atoms. The first-order valence-corrected chi connectivity index (χ1v) is 9.59. The molecule has 2 heterocycles. The third kappa shape index (κ3) is 3.30. The van der Waals surface area contributed by atoms with Gasteiger partial charge >= 0.3 is 5.69 Å². The van der Waals surface area contributed by atoms with E-state index in [1.807, 2.05) is 33.7 Å². The van der Waals surface area contributed by atoms with Crippen LogP contribution in [-0.4, -0.2) is 38.2 Å². The monoisotopic (exact) mass is 374 g/mol. The van der Waals surface area contributed by atoms with Crippen LogP contribution in [0, 0.1) is 0 Å². The first-order valence-electron chi connectivity index (χ1n) is 9.21. The van der Waals surface area contributed by atoms with Gasteiger partial charge in [-0.05, 0) is 37.3 Å². The van der Waals surface area contributed by atoms with Gasteiger partial charge in [0, 0.05) is 37.1 Å². The fourth-order valence-corrected chi connectivity index (χ4v) is 3.96. The molecular weight excluding hydrogens is 352 g/mol. The Balaban J connectivity index is 1.42. The third-order valence-corrected chi connectivity index (χ3v) is 5.78. The predicted octanol–water partition coefficient (Wildman–Crippen LogP) is 2.52. The molecule has 1 saturated carbocycles. The molecule has 0 radical (unpaired) electrons. The summed E-state index contributed by atoms with van der Waals surface area (Å²) in [6.07, 6.45) is 4.15. The van der Waals surface area contributed by atoms with E-state index in [1.165, 1.54) is 4.68 Å². The van der Waals surface area contributed by atoms with Crippen LogP contribution < -0.4 is 5.69 Å². The minimum atomic E-state index is -0.0141. The number of likely N-dealkylation sites (tertiary alicyclic amines) is 1. The Kier molecular flexibility index (Phi) is 4.61. The smallest absolute Gasteiger partial charge is 0.342 e. The lowest BCUT2D eigenvalue weighted by Crippen LogP contribution is -2.39. The second-order valence-electron chi connectivity index (χ2n) is 7.29. The molecule has 1 aliphatic heterocycles. The highest BCUT2D eigenvalue weighted by atomic mass is 35.5. The highest BCUT2D eigenvalue weighted by Gasteiger charge is 2.34. The maximum absolute atomic E-state index is 12.6. The van der Waals surface area contributed by atoms with Crippen molar-refractivity contribution in [2.24, 2.45) is 7.05 Å². The quantitative estimate of drug-likeness (QED) is 0.826. The lowest BCUT2D eigenvalue weighted by atomic mass is 9.95. The van der Waals surface area contributed by atoms with E-state index in [1.54, 1.807) is 7.05 Å². The first-order chi connectivity index (χ1) is 12.5. The average molecular weight is 375 g/mol. The lowest BCUT2D eigenvalue weighted by Gasteiger charge is -2.31. The molecule has 2 aromatic rings. The maximum atomic E-state index is 12.6. The van der Waals surface area contributed by atoms with Crippen molar-refractivity contribution < 1.29 is 4.79 Å². The Hall–Kier alpha value is -2.08. The summed E-state index contributed by atoms with van der Waals surface area (Å²) in [6, 6.07) is 7.81. The number of benzene rings is 1. The standard InChI is InChI=1S/C19H23ClN4O2/c1-22-19(26)24(15-6-7-15)18(21-22)13-8-10-23(11-9-13)17(25)12-14-4-2-3-5-16(14)20/h2-5,13,15H,6-12H2,1H3. The summed E-state index contributed by atoms with van der Waals surface area (Å²) < 4.78 is 3.33. The summed E-state index contributed by atoms with van der Waals surface area (Å²) in [7, 11) is 1.72. The summed E-state index contributed by atoms with van der Waals surface area (Å²) in [5, 5.41) is 5.13. The molecule has 1 amide bonds. The number of piperidine rings is 1. The van der Waals surface area contributed by atoms with Gasteiger partial charge in [-0.3, -0.25) is 9.36 Å². The lowest BCUT2D eigenvalue weighted by molar-refractivity contribution is -0.131. The Bertz CT molecular complexity index is 876. The van der Waals surface area contributed by atoms with Gasteiger partial charge in [0.05, 0.1) is 6.42 Å². The molecule has 0 N–H and O–H groups in total. The molecule has 4 rings (SSSR count). The molecule has 1 saturated heterocycles. The molecule has 0 bridgehead atoms. The fourth-order valence-electron chi connectivity index (χ4n) is 3.76. The highest BCUT2D eigenvalue weighted by molar-refractivity contribution is 6.31. The van der Waals surface area contributed by atoms with E-state index in [-0.39, 0.29) is 17.5 Å². The number of hydrogen-bond donors (Lipinski definition) is 0. The van der Waals surface area contributed by atoms with Gasteiger partial charge < -0.3 is 4.90 Å². The van der Waals surface area contributed by atoms with Crippen LogP contribution in [0.25, 0.3) is 0 Å². The van der Waals surface area contributed by atoms with Crippen molar-refractivity contribution in [3.8, 4) is 0 Å². The molecule has 0 unspecified atom stereocenters. The van der Waals surface area contributed by atoms with Crippen LogP contribution in [0.15, 0.2) is 29.1 Å². The number of hydrogen-bond acceptors (Lipinski definition) is 3. The minimum Gasteiger partial charge on any atom is -0.342 e. The SMILES string of the molecule is Cn1nc(C2CCN(C(=O)Cc3ccccc3Cl)CC2)n(C2CC2)c1=O. The van der Waals surface area contributed by atoms with Crippen LogP contribution in [0.1, 0.15) is 49.0 Å². The van der Waals surface area contributed by atoms with Crippen molar-refractivity contribution in [3.63, 3.8) is 0 Å². The van der Waals surface area contributed by atoms with E-state index in [0.717, 1.165) is 37.1 Å². The molecule has 7 heteroatoms. The summed E-state index contributed by atoms with van der Waals surface area (Å²) in [4.78, 5) is 26.8. The Morgan fingerprint density at radius 2 is 1.88 bits per heavy atom. The second-order valence-corrected chi connectivity index (χ2v) is 7.70. The molecule has 0 spiro atoms. The topological polar surface area (TPSA) is 60.1 Å². The number of amides is 1. The molecule has 1 aromatic carbocycles. The predicted molar refractivity (Wildman–Crippen MR) is 99.5 cm³/mol. The van der Waals surface area contributed by atoms with Crippen molar-refractivity contribution >= 4 is 17.5 Å². The van der Waals surface area contributed by atoms with E-state index >= 15 is 0 Å². The van der Waals surface area contributed by atoms with E-state index < -0.39 is 0 Å². The van der Waals surface area contributed by atoms with Crippen LogP contribution in [0.4, 0.5) is 0 Å². The highest BCUT2D eigenvalue weighted by Crippen LogP contribution is 2.37. The second kappa shape index (κ2) is 6.91. The number of carbonyl (C=O) groups excluding carboxylic acids is 1. The number of carbonyl (C=O) groups is 1. The van der Waals surface area contributed by atoms with Crippen LogP contribution in [-0.2, 0) is 18.3 Å².